The van der Waals surface area contributed by atoms with Crippen molar-refractivity contribution in [1.82, 2.24) is 14.8 Å². The zero-order valence-electron chi connectivity index (χ0n) is 18.1. The molecule has 0 spiro atoms. The summed E-state index contributed by atoms with van der Waals surface area (Å²) >= 11 is 0. The number of carbonyl (C=O) groups excluding carboxylic acids is 2. The fourth-order valence-corrected chi connectivity index (χ4v) is 3.87. The van der Waals surface area contributed by atoms with Gasteiger partial charge >= 0.3 is 0 Å². The Labute approximate surface area is 189 Å². The third-order valence-electron chi connectivity index (χ3n) is 5.41. The van der Waals surface area contributed by atoms with Gasteiger partial charge in [-0.1, -0.05) is 42.5 Å². The molecular formula is C26H20N4O3. The fourth-order valence-electron chi connectivity index (χ4n) is 3.87. The average Bonchev–Trinajstić information content (AvgIpc) is 3.47. The number of fused-ring (bicyclic) bond motifs is 1. The predicted octanol–water partition coefficient (Wildman–Crippen LogP) is 5.02. The Bertz CT molecular complexity index is 1490. The molecular weight excluding hydrogens is 416 g/mol. The Morgan fingerprint density at radius 3 is 2.48 bits per heavy atom. The molecule has 7 nitrogen and oxygen atoms in total. The van der Waals surface area contributed by atoms with Crippen LogP contribution in [-0.2, 0) is 7.05 Å². The maximum absolute atomic E-state index is 13.4. The van der Waals surface area contributed by atoms with Crippen LogP contribution in [0.15, 0.2) is 83.5 Å². The van der Waals surface area contributed by atoms with E-state index in [0.717, 1.165) is 0 Å². The third kappa shape index (κ3) is 3.80. The molecule has 0 radical (unpaired) electrons. The van der Waals surface area contributed by atoms with Crippen molar-refractivity contribution in [2.45, 2.75) is 6.92 Å². The van der Waals surface area contributed by atoms with Crippen molar-refractivity contribution in [1.29, 1.82) is 0 Å². The number of carbonyl (C=O) groups is 2. The number of pyridine rings is 1. The van der Waals surface area contributed by atoms with Crippen LogP contribution in [0.25, 0.3) is 22.5 Å². The van der Waals surface area contributed by atoms with E-state index in [1.165, 1.54) is 0 Å². The SMILES string of the molecule is Cc1nn(C)c2nc(-c3ccco3)cc(C(=O)Nc3cccc(C(=O)c4ccccc4)c3)c12. The largest absolute Gasteiger partial charge is 0.463 e. The van der Waals surface area contributed by atoms with Crippen molar-refractivity contribution in [3.05, 3.63) is 101 Å². The molecule has 0 bridgehead atoms. The summed E-state index contributed by atoms with van der Waals surface area (Å²) in [5, 5.41) is 8.02. The molecule has 7 heteroatoms. The van der Waals surface area contributed by atoms with Gasteiger partial charge in [-0.25, -0.2) is 4.98 Å². The summed E-state index contributed by atoms with van der Waals surface area (Å²) < 4.78 is 7.14. The maximum Gasteiger partial charge on any atom is 0.256 e. The van der Waals surface area contributed by atoms with Crippen molar-refractivity contribution in [3.8, 4) is 11.5 Å². The molecule has 0 saturated heterocycles. The lowest BCUT2D eigenvalue weighted by Crippen LogP contribution is -2.14. The Kier molecular flexibility index (Phi) is 5.06. The second-order valence-electron chi connectivity index (χ2n) is 7.67. The summed E-state index contributed by atoms with van der Waals surface area (Å²) in [6.07, 6.45) is 1.56. The van der Waals surface area contributed by atoms with E-state index in [0.29, 0.717) is 50.6 Å². The van der Waals surface area contributed by atoms with E-state index in [1.807, 2.05) is 25.1 Å². The quantitative estimate of drug-likeness (QED) is 0.391. The van der Waals surface area contributed by atoms with E-state index in [-0.39, 0.29) is 11.7 Å². The first-order valence-electron chi connectivity index (χ1n) is 10.4. The number of amides is 1. The zero-order chi connectivity index (χ0) is 22.9. The molecule has 5 aromatic rings. The minimum atomic E-state index is -0.324. The molecule has 5 rings (SSSR count). The smallest absolute Gasteiger partial charge is 0.256 e. The average molecular weight is 436 g/mol. The van der Waals surface area contributed by atoms with E-state index in [1.54, 1.807) is 72.6 Å². The highest BCUT2D eigenvalue weighted by Gasteiger charge is 2.20. The van der Waals surface area contributed by atoms with Crippen LogP contribution in [0.3, 0.4) is 0 Å². The number of aryl methyl sites for hydroxylation is 2. The van der Waals surface area contributed by atoms with Gasteiger partial charge in [0.25, 0.3) is 5.91 Å². The first-order chi connectivity index (χ1) is 16.0. The number of rotatable bonds is 5. The Morgan fingerprint density at radius 2 is 1.73 bits per heavy atom. The lowest BCUT2D eigenvalue weighted by atomic mass is 10.0. The van der Waals surface area contributed by atoms with Gasteiger partial charge in [0.15, 0.2) is 17.2 Å². The zero-order valence-corrected chi connectivity index (χ0v) is 18.1. The molecule has 0 fully saturated rings. The molecule has 3 aromatic heterocycles. The predicted molar refractivity (Wildman–Crippen MR) is 125 cm³/mol. The van der Waals surface area contributed by atoms with Gasteiger partial charge in [0.1, 0.15) is 5.69 Å². The summed E-state index contributed by atoms with van der Waals surface area (Å²) in [6, 6.07) is 21.2. The second-order valence-corrected chi connectivity index (χ2v) is 7.67. The van der Waals surface area contributed by atoms with Gasteiger partial charge in [-0.05, 0) is 37.3 Å². The van der Waals surface area contributed by atoms with Crippen LogP contribution in [0.2, 0.25) is 0 Å². The van der Waals surface area contributed by atoms with E-state index in [4.69, 9.17) is 4.42 Å². The molecule has 0 aliphatic heterocycles. The number of hydrogen-bond acceptors (Lipinski definition) is 5. The molecule has 0 unspecified atom stereocenters. The highest BCUT2D eigenvalue weighted by Crippen LogP contribution is 2.28. The van der Waals surface area contributed by atoms with Gasteiger partial charge < -0.3 is 9.73 Å². The van der Waals surface area contributed by atoms with Gasteiger partial charge in [-0.2, -0.15) is 5.10 Å². The lowest BCUT2D eigenvalue weighted by Gasteiger charge is -2.10. The molecule has 1 amide bonds. The number of hydrogen-bond donors (Lipinski definition) is 1. The fraction of sp³-hybridized carbons (Fsp3) is 0.0769. The van der Waals surface area contributed by atoms with Crippen LogP contribution in [0.4, 0.5) is 5.69 Å². The first kappa shape index (κ1) is 20.4. The van der Waals surface area contributed by atoms with Crippen LogP contribution in [0.5, 0.6) is 0 Å². The summed E-state index contributed by atoms with van der Waals surface area (Å²) in [5.41, 5.74) is 3.85. The molecule has 33 heavy (non-hydrogen) atoms. The van der Waals surface area contributed by atoms with Crippen LogP contribution in [0, 0.1) is 6.92 Å². The number of ketones is 1. The van der Waals surface area contributed by atoms with Gasteiger partial charge in [-0.3, -0.25) is 14.3 Å². The standard InChI is InChI=1S/C26H20N4O3/c1-16-23-20(15-21(22-12-7-13-33-22)28-25(23)30(2)29-16)26(32)27-19-11-6-10-18(14-19)24(31)17-8-4-3-5-9-17/h3-15H,1-2H3,(H,27,32). The van der Waals surface area contributed by atoms with Crippen LogP contribution >= 0.6 is 0 Å². The third-order valence-corrected chi connectivity index (χ3v) is 5.41. The van der Waals surface area contributed by atoms with Gasteiger partial charge in [-0.15, -0.1) is 0 Å². The number of aromatic nitrogens is 3. The van der Waals surface area contributed by atoms with Crippen molar-refractivity contribution < 1.29 is 14.0 Å². The highest BCUT2D eigenvalue weighted by molar-refractivity contribution is 6.14. The summed E-state index contributed by atoms with van der Waals surface area (Å²) in [5.74, 6) is 0.122. The van der Waals surface area contributed by atoms with Gasteiger partial charge in [0.2, 0.25) is 0 Å². The summed E-state index contributed by atoms with van der Waals surface area (Å²) in [4.78, 5) is 30.8. The summed E-state index contributed by atoms with van der Waals surface area (Å²) in [7, 11) is 1.79. The number of nitrogens with one attached hydrogen (secondary N) is 1. The molecule has 0 saturated carbocycles. The molecule has 0 atom stereocenters. The molecule has 0 aliphatic carbocycles. The Hall–Kier alpha value is -4.52. The molecule has 2 aromatic carbocycles. The highest BCUT2D eigenvalue weighted by atomic mass is 16.3. The minimum absolute atomic E-state index is 0.110. The molecule has 3 heterocycles. The number of furan rings is 1. The monoisotopic (exact) mass is 436 g/mol. The lowest BCUT2D eigenvalue weighted by molar-refractivity contribution is 0.102. The molecule has 162 valence electrons. The van der Waals surface area contributed by atoms with Crippen molar-refractivity contribution in [3.63, 3.8) is 0 Å². The second kappa shape index (κ2) is 8.20. The van der Waals surface area contributed by atoms with Crippen LogP contribution < -0.4 is 5.32 Å². The van der Waals surface area contributed by atoms with Gasteiger partial charge in [0.05, 0.1) is 22.9 Å². The Morgan fingerprint density at radius 1 is 0.939 bits per heavy atom. The van der Waals surface area contributed by atoms with E-state index < -0.39 is 0 Å². The first-order valence-corrected chi connectivity index (χ1v) is 10.4. The molecule has 0 aliphatic rings. The minimum Gasteiger partial charge on any atom is -0.463 e. The maximum atomic E-state index is 13.4. The Balaban J connectivity index is 1.52. The van der Waals surface area contributed by atoms with Crippen molar-refractivity contribution >= 4 is 28.4 Å². The van der Waals surface area contributed by atoms with Crippen LogP contribution in [-0.4, -0.2) is 26.5 Å². The number of benzene rings is 2. The van der Waals surface area contributed by atoms with Crippen molar-refractivity contribution in [2.75, 3.05) is 5.32 Å². The number of nitrogens with zero attached hydrogens (tertiary/aromatic N) is 3. The van der Waals surface area contributed by atoms with Gasteiger partial charge in [0, 0.05) is 23.9 Å². The number of anilines is 1. The van der Waals surface area contributed by atoms with Crippen molar-refractivity contribution in [2.24, 2.45) is 7.05 Å². The van der Waals surface area contributed by atoms with Crippen LogP contribution in [0.1, 0.15) is 32.0 Å². The topological polar surface area (TPSA) is 90.0 Å². The summed E-state index contributed by atoms with van der Waals surface area (Å²) in [6.45, 7) is 1.84. The normalized spacial score (nSPS) is 11.0. The van der Waals surface area contributed by atoms with E-state index in [2.05, 4.69) is 15.4 Å². The van der Waals surface area contributed by atoms with E-state index >= 15 is 0 Å². The molecule has 1 N–H and O–H groups in total. The van der Waals surface area contributed by atoms with E-state index in [9.17, 15) is 9.59 Å².